The molecule has 3 N–H and O–H groups in total. The minimum atomic E-state index is -1.16. The van der Waals surface area contributed by atoms with E-state index >= 15 is 0 Å². The van der Waals surface area contributed by atoms with Crippen molar-refractivity contribution >= 4 is 17.9 Å². The second-order valence-corrected chi connectivity index (χ2v) is 9.19. The third-order valence-electron chi connectivity index (χ3n) is 6.74. The van der Waals surface area contributed by atoms with Crippen LogP contribution in [0.25, 0.3) is 11.3 Å². The molecule has 3 aromatic rings. The molecule has 192 valence electrons. The third kappa shape index (κ3) is 4.99. The molecule has 2 aliphatic rings. The number of carboxylic acid groups (broad SMARTS) is 1. The van der Waals surface area contributed by atoms with Gasteiger partial charge in [-0.15, -0.1) is 0 Å². The van der Waals surface area contributed by atoms with Crippen molar-refractivity contribution in [3.8, 4) is 11.3 Å². The molecule has 1 saturated carbocycles. The fourth-order valence-corrected chi connectivity index (χ4v) is 4.55. The highest BCUT2D eigenvalue weighted by molar-refractivity contribution is 5.94. The Bertz CT molecular complexity index is 1340. The highest BCUT2D eigenvalue weighted by Crippen LogP contribution is 2.44. The molecule has 2 aromatic heterocycles. The van der Waals surface area contributed by atoms with Crippen molar-refractivity contribution in [1.29, 1.82) is 0 Å². The number of halogens is 2. The van der Waals surface area contributed by atoms with Crippen molar-refractivity contribution in [2.75, 3.05) is 13.1 Å². The van der Waals surface area contributed by atoms with Crippen LogP contribution in [-0.4, -0.2) is 57.2 Å². The lowest BCUT2D eigenvalue weighted by Gasteiger charge is -2.37. The molecule has 10 nitrogen and oxygen atoms in total. The van der Waals surface area contributed by atoms with Gasteiger partial charge < -0.3 is 25.2 Å². The van der Waals surface area contributed by atoms with E-state index in [0.29, 0.717) is 18.9 Å². The Balaban J connectivity index is 1.32. The number of hydrogen-bond donors (Lipinski definition) is 3. The maximum Gasteiger partial charge on any atom is 0.407 e. The summed E-state index contributed by atoms with van der Waals surface area (Å²) in [5.41, 5.74) is -0.119. The summed E-state index contributed by atoms with van der Waals surface area (Å²) in [6.07, 6.45) is 2.08. The highest BCUT2D eigenvalue weighted by atomic mass is 19.1. The van der Waals surface area contributed by atoms with Gasteiger partial charge in [0.15, 0.2) is 11.5 Å². The van der Waals surface area contributed by atoms with Crippen LogP contribution in [0.3, 0.4) is 0 Å². The largest absolute Gasteiger partial charge is 0.465 e. The minimum absolute atomic E-state index is 0.0655. The van der Waals surface area contributed by atoms with E-state index in [-0.39, 0.29) is 36.5 Å². The molecule has 0 spiro atoms. The quantitative estimate of drug-likeness (QED) is 0.463. The summed E-state index contributed by atoms with van der Waals surface area (Å²) < 4.78 is 32.4. The van der Waals surface area contributed by atoms with Crippen LogP contribution in [0.15, 0.2) is 53.2 Å². The van der Waals surface area contributed by atoms with Crippen LogP contribution in [0.5, 0.6) is 0 Å². The summed E-state index contributed by atoms with van der Waals surface area (Å²) >= 11 is 0. The topological polar surface area (TPSA) is 138 Å². The van der Waals surface area contributed by atoms with Gasteiger partial charge in [-0.25, -0.2) is 13.6 Å². The summed E-state index contributed by atoms with van der Waals surface area (Å²) in [4.78, 5) is 43.4. The molecule has 1 saturated heterocycles. The van der Waals surface area contributed by atoms with Gasteiger partial charge in [0.25, 0.3) is 5.91 Å². The summed E-state index contributed by atoms with van der Waals surface area (Å²) in [7, 11) is 0. The first-order valence-corrected chi connectivity index (χ1v) is 11.7. The van der Waals surface area contributed by atoms with Crippen molar-refractivity contribution in [3.63, 3.8) is 0 Å². The maximum absolute atomic E-state index is 14.1. The van der Waals surface area contributed by atoms with E-state index < -0.39 is 47.0 Å². The van der Waals surface area contributed by atoms with Gasteiger partial charge in [-0.2, -0.15) is 0 Å². The molecule has 0 radical (unpaired) electrons. The lowest BCUT2D eigenvalue weighted by Crippen LogP contribution is -2.57. The maximum atomic E-state index is 14.1. The molecule has 1 aliphatic carbocycles. The molecule has 3 amide bonds. The monoisotopic (exact) mass is 511 g/mol. The molecule has 1 aromatic carbocycles. The van der Waals surface area contributed by atoms with Crippen molar-refractivity contribution < 1.29 is 32.8 Å². The molecule has 1 aliphatic heterocycles. The zero-order chi connectivity index (χ0) is 26.2. The van der Waals surface area contributed by atoms with E-state index in [2.05, 4.69) is 20.8 Å². The predicted molar refractivity (Wildman–Crippen MR) is 124 cm³/mol. The van der Waals surface area contributed by atoms with E-state index in [1.807, 2.05) is 12.1 Å². The SMILES string of the molecule is O=C(N[C@H]1CCN(C(=O)O)C[C@@H]1C(=O)NC1(c2ccccn2)CC1)c1cc(-c2ccc(F)cc2F)on1. The number of piperidine rings is 1. The number of nitrogens with zero attached hydrogens (tertiary/aromatic N) is 3. The van der Waals surface area contributed by atoms with Crippen LogP contribution in [0.2, 0.25) is 0 Å². The Hall–Kier alpha value is -4.35. The Kier molecular flexibility index (Phi) is 6.32. The van der Waals surface area contributed by atoms with Crippen LogP contribution in [0, 0.1) is 17.6 Å². The Morgan fingerprint density at radius 2 is 1.95 bits per heavy atom. The molecule has 37 heavy (non-hydrogen) atoms. The number of carbonyl (C=O) groups excluding carboxylic acids is 2. The van der Waals surface area contributed by atoms with Crippen LogP contribution in [-0.2, 0) is 10.3 Å². The summed E-state index contributed by atoms with van der Waals surface area (Å²) in [6.45, 7) is 0.0234. The molecule has 0 bridgehead atoms. The normalized spacial score (nSPS) is 20.2. The van der Waals surface area contributed by atoms with Gasteiger partial charge in [0, 0.05) is 37.5 Å². The Labute approximate surface area is 209 Å². The average Bonchev–Trinajstić information content (AvgIpc) is 3.49. The van der Waals surface area contributed by atoms with Crippen LogP contribution in [0.4, 0.5) is 13.6 Å². The number of aromatic nitrogens is 2. The zero-order valence-electron chi connectivity index (χ0n) is 19.5. The lowest BCUT2D eigenvalue weighted by molar-refractivity contribution is -0.128. The van der Waals surface area contributed by atoms with Gasteiger partial charge in [0.2, 0.25) is 5.91 Å². The molecule has 0 unspecified atom stereocenters. The molecule has 2 fully saturated rings. The van der Waals surface area contributed by atoms with E-state index in [9.17, 15) is 28.3 Å². The van der Waals surface area contributed by atoms with Gasteiger partial charge >= 0.3 is 6.09 Å². The van der Waals surface area contributed by atoms with Crippen molar-refractivity contribution in [1.82, 2.24) is 25.7 Å². The van der Waals surface area contributed by atoms with Crippen LogP contribution >= 0.6 is 0 Å². The van der Waals surface area contributed by atoms with Gasteiger partial charge in [-0.05, 0) is 43.5 Å². The van der Waals surface area contributed by atoms with Crippen molar-refractivity contribution in [2.24, 2.45) is 5.92 Å². The number of pyridine rings is 1. The first-order valence-electron chi connectivity index (χ1n) is 11.7. The molecule has 5 rings (SSSR count). The first-order chi connectivity index (χ1) is 17.8. The number of nitrogens with one attached hydrogen (secondary N) is 2. The predicted octanol–water partition coefficient (Wildman–Crippen LogP) is 2.92. The van der Waals surface area contributed by atoms with Gasteiger partial charge in [-0.1, -0.05) is 11.2 Å². The number of carbonyl (C=O) groups is 3. The van der Waals surface area contributed by atoms with Crippen molar-refractivity contribution in [3.05, 3.63) is 71.7 Å². The number of amides is 3. The molecular weight excluding hydrogens is 488 g/mol. The molecule has 12 heteroatoms. The fraction of sp³-hybridized carbons (Fsp3) is 0.320. The number of hydrogen-bond acceptors (Lipinski definition) is 6. The number of rotatable bonds is 6. The Morgan fingerprint density at radius 1 is 1.14 bits per heavy atom. The summed E-state index contributed by atoms with van der Waals surface area (Å²) in [5, 5.41) is 18.9. The van der Waals surface area contributed by atoms with E-state index in [0.717, 1.165) is 16.7 Å². The Morgan fingerprint density at radius 3 is 2.62 bits per heavy atom. The number of benzene rings is 1. The van der Waals surface area contributed by atoms with E-state index in [1.165, 1.54) is 12.1 Å². The van der Waals surface area contributed by atoms with Gasteiger partial charge in [0.05, 0.1) is 22.7 Å². The van der Waals surface area contributed by atoms with Gasteiger partial charge in [-0.3, -0.25) is 14.6 Å². The summed E-state index contributed by atoms with van der Waals surface area (Å²) in [6, 6.07) is 8.87. The third-order valence-corrected chi connectivity index (χ3v) is 6.74. The summed E-state index contributed by atoms with van der Waals surface area (Å²) in [5.74, 6) is -3.63. The minimum Gasteiger partial charge on any atom is -0.465 e. The molecule has 3 heterocycles. The van der Waals surface area contributed by atoms with Crippen LogP contribution < -0.4 is 10.6 Å². The lowest BCUT2D eigenvalue weighted by atomic mass is 9.90. The van der Waals surface area contributed by atoms with E-state index in [4.69, 9.17) is 4.52 Å². The second-order valence-electron chi connectivity index (χ2n) is 9.19. The molecular formula is C25H23F2N5O5. The van der Waals surface area contributed by atoms with Gasteiger partial charge in [0.1, 0.15) is 11.6 Å². The van der Waals surface area contributed by atoms with E-state index in [1.54, 1.807) is 12.3 Å². The molecule has 2 atom stereocenters. The van der Waals surface area contributed by atoms with Crippen molar-refractivity contribution in [2.45, 2.75) is 30.8 Å². The highest BCUT2D eigenvalue weighted by Gasteiger charge is 2.49. The number of likely N-dealkylation sites (tertiary alicyclic amines) is 1. The zero-order valence-corrected chi connectivity index (χ0v) is 19.5. The smallest absolute Gasteiger partial charge is 0.407 e. The van der Waals surface area contributed by atoms with Crippen LogP contribution in [0.1, 0.15) is 35.4 Å². The average molecular weight is 511 g/mol. The fourth-order valence-electron chi connectivity index (χ4n) is 4.55. The first kappa shape index (κ1) is 24.3. The second kappa shape index (κ2) is 9.60. The standard InChI is InChI=1S/C25H23F2N5O5/c26-14-4-5-15(17(27)11-14)20-12-19(31-37-20)23(34)29-18-6-10-32(24(35)36)13-16(18)22(33)30-25(7-8-25)21-3-1-2-9-28-21/h1-5,9,11-12,16,18H,6-8,10,13H2,(H,29,34)(H,30,33)(H,35,36)/t16-,18-/m0/s1.